The number of hydrogen-bond acceptors (Lipinski definition) is 7. The Morgan fingerprint density at radius 3 is 2.68 bits per heavy atom. The number of hydrogen-bond donors (Lipinski definition) is 1. The van der Waals surface area contributed by atoms with Crippen LogP contribution in [0.15, 0.2) is 65.1 Å². The van der Waals surface area contributed by atoms with Crippen molar-refractivity contribution < 1.29 is 4.74 Å². The number of ether oxygens (including phenoxy) is 1. The molecule has 0 spiro atoms. The molecule has 2 aromatic carbocycles. The molecule has 142 valence electrons. The van der Waals surface area contributed by atoms with Gasteiger partial charge in [0.1, 0.15) is 5.75 Å². The minimum atomic E-state index is 0.572. The lowest BCUT2D eigenvalue weighted by Gasteiger charge is -2.07. The highest BCUT2D eigenvalue weighted by Crippen LogP contribution is 2.30. The summed E-state index contributed by atoms with van der Waals surface area (Å²) < 4.78 is 6.89. The summed E-state index contributed by atoms with van der Waals surface area (Å²) in [6, 6.07) is 18.0. The number of nitrogens with zero attached hydrogens (tertiary/aromatic N) is 4. The average molecular weight is 410 g/mol. The summed E-state index contributed by atoms with van der Waals surface area (Å²) in [5.74, 6) is 8.20. The second-order valence-electron chi connectivity index (χ2n) is 6.06. The monoisotopic (exact) mass is 409 g/mol. The van der Waals surface area contributed by atoms with Crippen LogP contribution in [0, 0.1) is 0 Å². The number of methoxy groups -OCH3 is 1. The largest absolute Gasteiger partial charge is 0.496 e. The van der Waals surface area contributed by atoms with E-state index in [4.69, 9.17) is 15.6 Å². The fourth-order valence-electron chi connectivity index (χ4n) is 2.79. The van der Waals surface area contributed by atoms with E-state index in [9.17, 15) is 0 Å². The van der Waals surface area contributed by atoms with Crippen LogP contribution < -0.4 is 10.6 Å². The van der Waals surface area contributed by atoms with Crippen LogP contribution in [-0.2, 0) is 12.2 Å². The minimum absolute atomic E-state index is 0.572. The summed E-state index contributed by atoms with van der Waals surface area (Å²) in [5, 5.41) is 12.3. The molecule has 28 heavy (non-hydrogen) atoms. The Bertz CT molecular complexity index is 1060. The molecule has 2 heterocycles. The van der Waals surface area contributed by atoms with Gasteiger partial charge in [0.25, 0.3) is 0 Å². The van der Waals surface area contributed by atoms with Crippen molar-refractivity contribution in [1.29, 1.82) is 0 Å². The molecule has 2 aromatic heterocycles. The summed E-state index contributed by atoms with van der Waals surface area (Å²) >= 11 is 3.19. The molecular formula is C20H19N5OS2. The smallest absolute Gasteiger partial charge is 0.210 e. The van der Waals surface area contributed by atoms with E-state index in [2.05, 4.69) is 27.7 Å². The highest BCUT2D eigenvalue weighted by atomic mass is 32.2. The van der Waals surface area contributed by atoms with Crippen LogP contribution in [0.5, 0.6) is 5.75 Å². The van der Waals surface area contributed by atoms with Gasteiger partial charge >= 0.3 is 0 Å². The molecule has 0 bridgehead atoms. The van der Waals surface area contributed by atoms with E-state index in [-0.39, 0.29) is 0 Å². The Balaban J connectivity index is 1.44. The fraction of sp³-hybridized carbons (Fsp3) is 0.150. The number of para-hydroxylation sites is 1. The highest BCUT2D eigenvalue weighted by Gasteiger charge is 2.16. The molecule has 0 unspecified atom stereocenters. The van der Waals surface area contributed by atoms with Crippen molar-refractivity contribution in [1.82, 2.24) is 19.9 Å². The molecule has 0 fully saturated rings. The van der Waals surface area contributed by atoms with Gasteiger partial charge < -0.3 is 10.6 Å². The molecule has 0 aliphatic carbocycles. The van der Waals surface area contributed by atoms with E-state index >= 15 is 0 Å². The Morgan fingerprint density at radius 2 is 1.86 bits per heavy atom. The van der Waals surface area contributed by atoms with Crippen LogP contribution in [0.25, 0.3) is 11.4 Å². The maximum atomic E-state index is 6.23. The maximum absolute atomic E-state index is 6.23. The highest BCUT2D eigenvalue weighted by molar-refractivity contribution is 7.98. The first-order valence-electron chi connectivity index (χ1n) is 8.68. The summed E-state index contributed by atoms with van der Waals surface area (Å²) in [4.78, 5) is 4.72. The molecule has 0 saturated heterocycles. The van der Waals surface area contributed by atoms with Crippen molar-refractivity contribution in [3.05, 3.63) is 76.2 Å². The normalized spacial score (nSPS) is 10.9. The van der Waals surface area contributed by atoms with Gasteiger partial charge in [-0.15, -0.1) is 21.5 Å². The predicted octanol–water partition coefficient (Wildman–Crippen LogP) is 4.01. The molecule has 8 heteroatoms. The minimum Gasteiger partial charge on any atom is -0.496 e. The van der Waals surface area contributed by atoms with E-state index in [1.807, 2.05) is 42.5 Å². The quantitative estimate of drug-likeness (QED) is 0.367. The molecule has 2 N–H and O–H groups in total. The Hall–Kier alpha value is -2.84. The van der Waals surface area contributed by atoms with E-state index in [0.717, 1.165) is 22.7 Å². The van der Waals surface area contributed by atoms with Crippen LogP contribution in [0.1, 0.15) is 16.3 Å². The van der Waals surface area contributed by atoms with Crippen molar-refractivity contribution in [2.75, 3.05) is 13.0 Å². The van der Waals surface area contributed by atoms with Gasteiger partial charge in [-0.25, -0.2) is 9.66 Å². The number of rotatable bonds is 7. The summed E-state index contributed by atoms with van der Waals surface area (Å²) in [7, 11) is 1.63. The molecule has 6 nitrogen and oxygen atoms in total. The third-order valence-electron chi connectivity index (χ3n) is 4.16. The average Bonchev–Trinajstić information content (AvgIpc) is 3.33. The second-order valence-corrected chi connectivity index (χ2v) is 7.95. The molecule has 4 rings (SSSR count). The van der Waals surface area contributed by atoms with E-state index in [1.165, 1.54) is 22.0 Å². The van der Waals surface area contributed by atoms with Gasteiger partial charge in [0.2, 0.25) is 5.16 Å². The summed E-state index contributed by atoms with van der Waals surface area (Å²) in [6.45, 7) is 0. The maximum Gasteiger partial charge on any atom is 0.210 e. The molecule has 0 radical (unpaired) electrons. The molecule has 0 amide bonds. The Labute approximate surface area is 171 Å². The first-order valence-corrected chi connectivity index (χ1v) is 10.5. The summed E-state index contributed by atoms with van der Waals surface area (Å²) in [5.41, 5.74) is 3.09. The van der Waals surface area contributed by atoms with E-state index in [0.29, 0.717) is 22.5 Å². The third-order valence-corrected chi connectivity index (χ3v) is 6.03. The van der Waals surface area contributed by atoms with Crippen molar-refractivity contribution in [2.45, 2.75) is 17.3 Å². The third kappa shape index (κ3) is 4.02. The molecular weight excluding hydrogens is 390 g/mol. The summed E-state index contributed by atoms with van der Waals surface area (Å²) in [6.07, 6.45) is 0.848. The molecule has 0 aliphatic heterocycles. The van der Waals surface area contributed by atoms with Crippen LogP contribution in [0.3, 0.4) is 0 Å². The lowest BCUT2D eigenvalue weighted by atomic mass is 10.2. The van der Waals surface area contributed by atoms with Gasteiger partial charge in [-0.3, -0.25) is 0 Å². The molecule has 0 aliphatic rings. The lowest BCUT2D eigenvalue weighted by molar-refractivity contribution is 0.416. The van der Waals surface area contributed by atoms with E-state index < -0.39 is 0 Å². The van der Waals surface area contributed by atoms with Crippen LogP contribution in [-0.4, -0.2) is 27.0 Å². The Morgan fingerprint density at radius 1 is 1.07 bits per heavy atom. The first kappa shape index (κ1) is 18.5. The van der Waals surface area contributed by atoms with Gasteiger partial charge in [0.15, 0.2) is 5.82 Å². The number of nitrogen functional groups attached to an aromatic ring is 1. The van der Waals surface area contributed by atoms with Crippen LogP contribution in [0.4, 0.5) is 0 Å². The Kier molecular flexibility index (Phi) is 5.59. The molecule has 4 aromatic rings. The zero-order chi connectivity index (χ0) is 19.3. The first-order chi connectivity index (χ1) is 13.7. The van der Waals surface area contributed by atoms with Crippen LogP contribution >= 0.6 is 23.1 Å². The number of nitrogens with two attached hydrogens (primary N) is 1. The second kappa shape index (κ2) is 8.45. The van der Waals surface area contributed by atoms with Crippen LogP contribution in [0.2, 0.25) is 0 Å². The van der Waals surface area contributed by atoms with Crippen molar-refractivity contribution in [3.63, 3.8) is 0 Å². The van der Waals surface area contributed by atoms with Gasteiger partial charge in [-0.05, 0) is 17.7 Å². The van der Waals surface area contributed by atoms with Gasteiger partial charge in [-0.2, -0.15) is 0 Å². The molecule has 0 atom stereocenters. The standard InChI is InChI=1S/C20H19N5OS2/c1-26-17-10-6-5-9-16(17)19-23-24-20(25(19)21)28-13-15-12-27-18(22-15)11-14-7-3-2-4-8-14/h2-10,12H,11,13,21H2,1H3. The number of thiazole rings is 1. The van der Waals surface area contributed by atoms with Crippen molar-refractivity contribution in [2.24, 2.45) is 0 Å². The van der Waals surface area contributed by atoms with Gasteiger partial charge in [0.05, 0.1) is 23.4 Å². The number of benzene rings is 2. The van der Waals surface area contributed by atoms with Crippen molar-refractivity contribution in [3.8, 4) is 17.1 Å². The van der Waals surface area contributed by atoms with Crippen molar-refractivity contribution >= 4 is 23.1 Å². The zero-order valence-electron chi connectivity index (χ0n) is 15.3. The SMILES string of the molecule is COc1ccccc1-c1nnc(SCc2csc(Cc3ccccc3)n2)n1N. The lowest BCUT2D eigenvalue weighted by Crippen LogP contribution is -2.12. The van der Waals surface area contributed by atoms with Gasteiger partial charge in [-0.1, -0.05) is 54.2 Å². The van der Waals surface area contributed by atoms with Gasteiger partial charge in [0, 0.05) is 17.6 Å². The topological polar surface area (TPSA) is 78.9 Å². The molecule has 0 saturated carbocycles. The zero-order valence-corrected chi connectivity index (χ0v) is 16.9. The fourth-order valence-corrected chi connectivity index (χ4v) is 4.48. The van der Waals surface area contributed by atoms with E-state index in [1.54, 1.807) is 18.4 Å². The predicted molar refractivity (Wildman–Crippen MR) is 113 cm³/mol. The number of thioether (sulfide) groups is 1. The number of aromatic nitrogens is 4.